The van der Waals surface area contributed by atoms with Gasteiger partial charge in [0.15, 0.2) is 0 Å². The van der Waals surface area contributed by atoms with Gasteiger partial charge in [-0.25, -0.2) is 4.39 Å². The van der Waals surface area contributed by atoms with Crippen LogP contribution in [0.25, 0.3) is 0 Å². The lowest BCUT2D eigenvalue weighted by molar-refractivity contribution is 0.345. The summed E-state index contributed by atoms with van der Waals surface area (Å²) in [6, 6.07) is 12.9. The highest BCUT2D eigenvalue weighted by Gasteiger charge is 2.31. The van der Waals surface area contributed by atoms with Gasteiger partial charge in [0.05, 0.1) is 6.61 Å². The summed E-state index contributed by atoms with van der Waals surface area (Å²) in [6.45, 7) is 9.43. The molecule has 3 atom stereocenters. The van der Waals surface area contributed by atoms with Gasteiger partial charge in [0.25, 0.3) is 0 Å². The van der Waals surface area contributed by atoms with Gasteiger partial charge in [0.2, 0.25) is 7.37 Å². The van der Waals surface area contributed by atoms with Gasteiger partial charge in [0.1, 0.15) is 16.6 Å². The van der Waals surface area contributed by atoms with E-state index in [2.05, 4.69) is 4.72 Å². The molecule has 0 aliphatic carbocycles. The van der Waals surface area contributed by atoms with E-state index in [-0.39, 0.29) is 11.9 Å². The largest absolute Gasteiger partial charge is 0.598 e. The van der Waals surface area contributed by atoms with Crippen LogP contribution < -0.4 is 10.0 Å². The molecular formula is C20H27FNO3PS. The number of rotatable bonds is 7. The molecule has 0 radical (unpaired) electrons. The third-order valence-corrected chi connectivity index (χ3v) is 7.60. The third-order valence-electron chi connectivity index (χ3n) is 4.06. The molecule has 2 aromatic carbocycles. The predicted molar refractivity (Wildman–Crippen MR) is 111 cm³/mol. The Bertz CT molecular complexity index is 790. The van der Waals surface area contributed by atoms with Crippen LogP contribution in [0.2, 0.25) is 0 Å². The summed E-state index contributed by atoms with van der Waals surface area (Å²) in [5.74, 6) is -0.326. The van der Waals surface area contributed by atoms with E-state index in [4.69, 9.17) is 4.52 Å². The normalized spacial score (nSPS) is 16.6. The second-order valence-electron chi connectivity index (χ2n) is 7.34. The summed E-state index contributed by atoms with van der Waals surface area (Å²) in [6.07, 6.45) is 0. The summed E-state index contributed by atoms with van der Waals surface area (Å²) in [7, 11) is -2.86. The first-order valence-corrected chi connectivity index (χ1v) is 12.0. The van der Waals surface area contributed by atoms with Gasteiger partial charge in [-0.1, -0.05) is 24.3 Å². The molecule has 0 bridgehead atoms. The zero-order chi connectivity index (χ0) is 20.2. The summed E-state index contributed by atoms with van der Waals surface area (Å²) in [4.78, 5) is 0. The standard InChI is InChI=1S/C20H27FNO3PS/c1-6-25-26(5,23)18-13-9-16(10-14-18)19(22-27(24)20(2,3)4)15-7-11-17(21)12-8-15/h7-14,19,22H,6H2,1-5H3/t19-,26?,27-/m0/s1. The van der Waals surface area contributed by atoms with Crippen LogP contribution in [-0.2, 0) is 20.5 Å². The SMILES string of the molecule is CCOP(C)(=O)c1ccc([C@@H](N[S@@+]([O-])C(C)(C)C)c2ccc(F)cc2)cc1. The molecular weight excluding hydrogens is 384 g/mol. The summed E-state index contributed by atoms with van der Waals surface area (Å²) in [5.41, 5.74) is 1.64. The van der Waals surface area contributed by atoms with E-state index in [1.165, 1.54) is 12.1 Å². The highest BCUT2D eigenvalue weighted by atomic mass is 32.2. The Balaban J connectivity index is 2.38. The Kier molecular flexibility index (Phi) is 7.28. The average Bonchev–Trinajstić information content (AvgIpc) is 2.59. The Labute approximate surface area is 164 Å². The first-order valence-electron chi connectivity index (χ1n) is 8.80. The topological polar surface area (TPSA) is 61.4 Å². The minimum Gasteiger partial charge on any atom is -0.598 e. The van der Waals surface area contributed by atoms with Crippen LogP contribution in [0.3, 0.4) is 0 Å². The van der Waals surface area contributed by atoms with Crippen molar-refractivity contribution in [2.45, 2.75) is 38.5 Å². The number of halogens is 1. The molecule has 1 unspecified atom stereocenters. The first kappa shape index (κ1) is 22.1. The minimum atomic E-state index is -2.86. The van der Waals surface area contributed by atoms with Crippen molar-refractivity contribution in [3.63, 3.8) is 0 Å². The van der Waals surface area contributed by atoms with Crippen molar-refractivity contribution in [2.24, 2.45) is 0 Å². The molecule has 0 amide bonds. The van der Waals surface area contributed by atoms with Crippen LogP contribution in [0.4, 0.5) is 4.39 Å². The molecule has 0 spiro atoms. The van der Waals surface area contributed by atoms with Crippen LogP contribution in [-0.4, -0.2) is 22.6 Å². The van der Waals surface area contributed by atoms with Gasteiger partial charge in [-0.05, 0) is 63.1 Å². The van der Waals surface area contributed by atoms with Crippen molar-refractivity contribution in [3.8, 4) is 0 Å². The monoisotopic (exact) mass is 411 g/mol. The second-order valence-corrected chi connectivity index (χ2v) is 11.8. The number of nitrogens with one attached hydrogen (secondary N) is 1. The first-order chi connectivity index (χ1) is 12.5. The van der Waals surface area contributed by atoms with Crippen molar-refractivity contribution in [1.82, 2.24) is 4.72 Å². The van der Waals surface area contributed by atoms with E-state index in [1.807, 2.05) is 32.9 Å². The highest BCUT2D eigenvalue weighted by molar-refractivity contribution is 7.90. The molecule has 27 heavy (non-hydrogen) atoms. The van der Waals surface area contributed by atoms with Crippen LogP contribution in [0.15, 0.2) is 48.5 Å². The minimum absolute atomic E-state index is 0.326. The smallest absolute Gasteiger partial charge is 0.229 e. The summed E-state index contributed by atoms with van der Waals surface area (Å²) >= 11 is -1.32. The zero-order valence-electron chi connectivity index (χ0n) is 16.4. The Morgan fingerprint density at radius 1 is 1.11 bits per heavy atom. The van der Waals surface area contributed by atoms with E-state index >= 15 is 0 Å². The van der Waals surface area contributed by atoms with Crippen LogP contribution in [0.1, 0.15) is 44.9 Å². The zero-order valence-corrected chi connectivity index (χ0v) is 18.1. The van der Waals surface area contributed by atoms with Gasteiger partial charge >= 0.3 is 0 Å². The fourth-order valence-electron chi connectivity index (χ4n) is 2.53. The van der Waals surface area contributed by atoms with E-state index in [0.29, 0.717) is 11.9 Å². The lowest BCUT2D eigenvalue weighted by Crippen LogP contribution is -2.41. The molecule has 0 saturated carbocycles. The molecule has 148 valence electrons. The quantitative estimate of drug-likeness (QED) is 0.537. The Hall–Kier alpha value is -1.17. The number of hydrogen-bond donors (Lipinski definition) is 1. The maximum atomic E-state index is 13.3. The molecule has 0 fully saturated rings. The van der Waals surface area contributed by atoms with Crippen LogP contribution >= 0.6 is 7.37 Å². The fraction of sp³-hybridized carbons (Fsp3) is 0.400. The third kappa shape index (κ3) is 5.90. The van der Waals surface area contributed by atoms with Crippen molar-refractivity contribution >= 4 is 24.0 Å². The molecule has 1 N–H and O–H groups in total. The van der Waals surface area contributed by atoms with E-state index in [1.54, 1.807) is 37.9 Å². The summed E-state index contributed by atoms with van der Waals surface area (Å²) in [5, 5.41) is 0.628. The van der Waals surface area contributed by atoms with Crippen molar-refractivity contribution in [2.75, 3.05) is 13.3 Å². The molecule has 0 heterocycles. The molecule has 0 aliphatic heterocycles. The van der Waals surface area contributed by atoms with Gasteiger partial charge in [-0.15, -0.1) is 4.72 Å². The summed E-state index contributed by atoms with van der Waals surface area (Å²) < 4.78 is 46.6. The molecule has 2 aromatic rings. The molecule has 0 aromatic heterocycles. The highest BCUT2D eigenvalue weighted by Crippen LogP contribution is 2.41. The maximum absolute atomic E-state index is 13.3. The molecule has 4 nitrogen and oxygen atoms in total. The van der Waals surface area contributed by atoms with Crippen molar-refractivity contribution in [1.29, 1.82) is 0 Å². The lowest BCUT2D eigenvalue weighted by atomic mass is 10.00. The van der Waals surface area contributed by atoms with E-state index in [0.717, 1.165) is 11.1 Å². The fourth-order valence-corrected chi connectivity index (χ4v) is 4.70. The molecule has 2 rings (SSSR count). The van der Waals surface area contributed by atoms with Gasteiger partial charge in [0, 0.05) is 23.3 Å². The molecule has 0 saturated heterocycles. The van der Waals surface area contributed by atoms with Crippen LogP contribution in [0, 0.1) is 5.82 Å². The Morgan fingerprint density at radius 2 is 1.59 bits per heavy atom. The average molecular weight is 411 g/mol. The lowest BCUT2D eigenvalue weighted by Gasteiger charge is -2.28. The van der Waals surface area contributed by atoms with Gasteiger partial charge in [-0.2, -0.15) is 0 Å². The second kappa shape index (κ2) is 8.89. The van der Waals surface area contributed by atoms with Crippen molar-refractivity contribution in [3.05, 3.63) is 65.5 Å². The van der Waals surface area contributed by atoms with Crippen LogP contribution in [0.5, 0.6) is 0 Å². The molecule has 0 aliphatic rings. The molecule has 7 heteroatoms. The Morgan fingerprint density at radius 3 is 2.04 bits per heavy atom. The van der Waals surface area contributed by atoms with Gasteiger partial charge in [-0.3, -0.25) is 4.57 Å². The number of hydrogen-bond acceptors (Lipinski definition) is 4. The van der Waals surface area contributed by atoms with Crippen molar-refractivity contribution < 1.29 is 18.0 Å². The predicted octanol–water partition coefficient (Wildman–Crippen LogP) is 4.54. The van der Waals surface area contributed by atoms with E-state index < -0.39 is 23.5 Å². The number of benzene rings is 2. The van der Waals surface area contributed by atoms with Gasteiger partial charge < -0.3 is 9.08 Å². The van der Waals surface area contributed by atoms with E-state index in [9.17, 15) is 13.5 Å². The maximum Gasteiger partial charge on any atom is 0.229 e.